The summed E-state index contributed by atoms with van der Waals surface area (Å²) < 4.78 is 11.6. The van der Waals surface area contributed by atoms with Crippen molar-refractivity contribution in [2.24, 2.45) is 0 Å². The van der Waals surface area contributed by atoms with Gasteiger partial charge in [-0.2, -0.15) is 23.0 Å². The Morgan fingerprint density at radius 1 is 0.717 bits per heavy atom. The summed E-state index contributed by atoms with van der Waals surface area (Å²) >= 11 is 0. The zero-order chi connectivity index (χ0) is 30.1. The summed E-state index contributed by atoms with van der Waals surface area (Å²) in [6.45, 7) is 8.64. The molecule has 0 saturated heterocycles. The molecule has 230 valence electrons. The average molecular weight is 780 g/mol. The maximum atomic E-state index is 6.89. The van der Waals surface area contributed by atoms with E-state index >= 15 is 0 Å². The van der Waals surface area contributed by atoms with Crippen LogP contribution < -0.4 is 4.74 Å². The number of fused-ring (bicyclic) bond motifs is 6. The number of pyridine rings is 4. The van der Waals surface area contributed by atoms with Gasteiger partial charge in [0, 0.05) is 49.7 Å². The third-order valence-electron chi connectivity index (χ3n) is 9.86. The number of imidazole rings is 1. The van der Waals surface area contributed by atoms with Crippen LogP contribution in [0, 0.1) is 18.2 Å². The number of aromatic nitrogens is 5. The molecule has 0 amide bonds. The Morgan fingerprint density at radius 2 is 1.30 bits per heavy atom. The number of rotatable bonds is 4. The molecule has 2 aliphatic heterocycles. The molecule has 10 rings (SSSR count). The molecule has 0 radical (unpaired) electrons. The first-order valence-electron chi connectivity index (χ1n) is 16.0. The fourth-order valence-electron chi connectivity index (χ4n) is 7.75. The summed E-state index contributed by atoms with van der Waals surface area (Å²) in [5, 5.41) is 4.08. The summed E-state index contributed by atoms with van der Waals surface area (Å²) in [6, 6.07) is 26.2. The molecule has 0 fully saturated rings. The fourth-order valence-corrected chi connectivity index (χ4v) is 7.75. The average Bonchev–Trinajstić information content (AvgIpc) is 3.69. The van der Waals surface area contributed by atoms with Crippen LogP contribution in [0.25, 0.3) is 54.8 Å². The van der Waals surface area contributed by atoms with Gasteiger partial charge < -0.3 is 23.5 Å². The summed E-state index contributed by atoms with van der Waals surface area (Å²) in [7, 11) is 0. The molecule has 0 atom stereocenters. The molecule has 0 saturated carbocycles. The predicted octanol–water partition coefficient (Wildman–Crippen LogP) is 8.62. The van der Waals surface area contributed by atoms with Crippen LogP contribution in [0.4, 0.5) is 0 Å². The van der Waals surface area contributed by atoms with Gasteiger partial charge in [-0.05, 0) is 64.2 Å². The van der Waals surface area contributed by atoms with Crippen LogP contribution >= 0.6 is 0 Å². The van der Waals surface area contributed by atoms with Crippen LogP contribution in [0.15, 0.2) is 48.7 Å². The summed E-state index contributed by atoms with van der Waals surface area (Å²) in [6.07, 6.45) is 6.02. The van der Waals surface area contributed by atoms with Crippen molar-refractivity contribution >= 4 is 54.8 Å². The van der Waals surface area contributed by atoms with Crippen molar-refractivity contribution in [1.29, 1.82) is 0 Å². The van der Waals surface area contributed by atoms with E-state index in [9.17, 15) is 0 Å². The molecule has 0 aliphatic carbocycles. The van der Waals surface area contributed by atoms with Gasteiger partial charge in [-0.25, -0.2) is 6.07 Å². The second-order valence-electron chi connectivity index (χ2n) is 13.3. The number of ether oxygens (including phenoxy) is 1. The van der Waals surface area contributed by atoms with Crippen molar-refractivity contribution in [3.63, 3.8) is 0 Å². The van der Waals surface area contributed by atoms with E-state index in [1.165, 1.54) is 33.5 Å². The molecule has 2 aliphatic rings. The Balaban J connectivity index is 0.00000292. The third kappa shape index (κ3) is 3.65. The van der Waals surface area contributed by atoms with Gasteiger partial charge in [0.1, 0.15) is 0 Å². The minimum Gasteiger partial charge on any atom is -0.494 e. The zero-order valence-corrected chi connectivity index (χ0v) is 28.3. The molecular formula is C39H30N5OPt-3. The Bertz CT molecular complexity index is 2410. The standard InChI is InChI=1S/C39H30N5O.Pt/c1-20(2)33-31(17-28-30-16-15-24-13-11-22-7-5-9-26(35(28)41-33)37(22)43(24)30)45-32-18-29-36(42-34(32)21(3)4)27-10-6-8-23-12-14-25-19-40-39(29)44(25)38(23)27;/h5-10,15,19-21H,11-14H2,1-4H3;/q-3;. The van der Waals surface area contributed by atoms with Crippen molar-refractivity contribution < 1.29 is 25.8 Å². The Hall–Kier alpha value is -4.28. The van der Waals surface area contributed by atoms with Gasteiger partial charge in [0.05, 0.1) is 17.1 Å². The fraction of sp³-hybridized carbons (Fsp3) is 0.256. The van der Waals surface area contributed by atoms with E-state index in [1.807, 2.05) is 6.20 Å². The van der Waals surface area contributed by atoms with Gasteiger partial charge in [-0.1, -0.05) is 93.2 Å². The Morgan fingerprint density at radius 3 is 1.96 bits per heavy atom. The number of benzene rings is 2. The minimum absolute atomic E-state index is 0. The van der Waals surface area contributed by atoms with Gasteiger partial charge in [-0.3, -0.25) is 4.98 Å². The molecule has 7 heteroatoms. The second-order valence-corrected chi connectivity index (χ2v) is 13.3. The molecule has 6 aromatic heterocycles. The monoisotopic (exact) mass is 779 g/mol. The van der Waals surface area contributed by atoms with E-state index < -0.39 is 0 Å². The smallest absolute Gasteiger partial charge is 0.0642 e. The van der Waals surface area contributed by atoms with Gasteiger partial charge in [0.2, 0.25) is 0 Å². The second kappa shape index (κ2) is 9.86. The van der Waals surface area contributed by atoms with Gasteiger partial charge >= 0.3 is 0 Å². The molecule has 8 aromatic rings. The van der Waals surface area contributed by atoms with Crippen molar-refractivity contribution in [2.45, 2.75) is 65.2 Å². The summed E-state index contributed by atoms with van der Waals surface area (Å²) in [4.78, 5) is 15.5. The van der Waals surface area contributed by atoms with E-state index in [-0.39, 0.29) is 32.9 Å². The number of aryl methyl sites for hydroxylation is 4. The first-order chi connectivity index (χ1) is 22.0. The van der Waals surface area contributed by atoms with Crippen LogP contribution in [-0.2, 0) is 46.7 Å². The van der Waals surface area contributed by atoms with Crippen molar-refractivity contribution in [1.82, 2.24) is 23.8 Å². The molecule has 0 N–H and O–H groups in total. The number of hydrogen-bond donors (Lipinski definition) is 0. The van der Waals surface area contributed by atoms with Crippen LogP contribution in [-0.4, -0.2) is 23.8 Å². The van der Waals surface area contributed by atoms with Gasteiger partial charge in [0.15, 0.2) is 0 Å². The summed E-state index contributed by atoms with van der Waals surface area (Å²) in [5.41, 5.74) is 13.2. The SMILES string of the molecule is CC(C)c1nc2c([c-]c1Oc1[c-]c3c(nc1C(C)C)c1cccc4c1n1c(cnc31)CC4)c1[c-]cc3n1c1c(cccc21)CC3.[Pt]. The van der Waals surface area contributed by atoms with Crippen LogP contribution in [0.3, 0.4) is 0 Å². The molecule has 6 nitrogen and oxygen atoms in total. The molecule has 0 unspecified atom stereocenters. The van der Waals surface area contributed by atoms with E-state index in [2.05, 4.69) is 97.2 Å². The molecule has 0 spiro atoms. The maximum Gasteiger partial charge on any atom is 0.0642 e. The number of para-hydroxylation sites is 2. The van der Waals surface area contributed by atoms with E-state index in [4.69, 9.17) is 19.7 Å². The van der Waals surface area contributed by atoms with E-state index in [0.717, 1.165) is 80.8 Å². The summed E-state index contributed by atoms with van der Waals surface area (Å²) in [5.74, 6) is 1.46. The largest absolute Gasteiger partial charge is 0.494 e. The minimum atomic E-state index is 0. The molecule has 8 heterocycles. The number of hydrogen-bond acceptors (Lipinski definition) is 4. The van der Waals surface area contributed by atoms with Gasteiger partial charge in [-0.15, -0.1) is 0 Å². The number of nitrogens with zero attached hydrogens (tertiary/aromatic N) is 5. The molecule has 46 heavy (non-hydrogen) atoms. The topological polar surface area (TPSA) is 56.7 Å². The van der Waals surface area contributed by atoms with Crippen LogP contribution in [0.2, 0.25) is 0 Å². The van der Waals surface area contributed by atoms with Crippen molar-refractivity contribution in [3.05, 3.63) is 101 Å². The first-order valence-corrected chi connectivity index (χ1v) is 16.0. The quantitative estimate of drug-likeness (QED) is 0.133. The van der Waals surface area contributed by atoms with E-state index in [1.54, 1.807) is 0 Å². The van der Waals surface area contributed by atoms with E-state index in [0.29, 0.717) is 11.5 Å². The zero-order valence-electron chi connectivity index (χ0n) is 26.1. The predicted molar refractivity (Wildman–Crippen MR) is 178 cm³/mol. The molecule has 0 bridgehead atoms. The molecule has 2 aromatic carbocycles. The third-order valence-corrected chi connectivity index (χ3v) is 9.86. The maximum absolute atomic E-state index is 6.89. The Kier molecular flexibility index (Phi) is 6.00. The van der Waals surface area contributed by atoms with Gasteiger partial charge in [0.25, 0.3) is 0 Å². The van der Waals surface area contributed by atoms with Crippen molar-refractivity contribution in [3.8, 4) is 11.5 Å². The van der Waals surface area contributed by atoms with Crippen molar-refractivity contribution in [2.75, 3.05) is 0 Å². The van der Waals surface area contributed by atoms with Crippen LogP contribution in [0.1, 0.15) is 73.4 Å². The Labute approximate surface area is 280 Å². The molecular weight excluding hydrogens is 750 g/mol. The normalized spacial score (nSPS) is 14.0. The first kappa shape index (κ1) is 28.0. The van der Waals surface area contributed by atoms with Crippen LogP contribution in [0.5, 0.6) is 11.5 Å².